The maximum atomic E-state index is 5.98. The maximum Gasteiger partial charge on any atom is 0.284 e. The van der Waals surface area contributed by atoms with Crippen molar-refractivity contribution in [2.24, 2.45) is 0 Å². The lowest BCUT2D eigenvalue weighted by molar-refractivity contribution is 0.482. The zero-order chi connectivity index (χ0) is 9.97. The van der Waals surface area contributed by atoms with Gasteiger partial charge in [0.2, 0.25) is 5.89 Å². The van der Waals surface area contributed by atoms with Crippen LogP contribution >= 0.6 is 27.5 Å². The first-order chi connectivity index (χ1) is 6.75. The third-order valence-corrected chi connectivity index (χ3v) is 2.43. The molecule has 72 valence electrons. The van der Waals surface area contributed by atoms with E-state index in [9.17, 15) is 0 Å². The molecule has 14 heavy (non-hydrogen) atoms. The van der Waals surface area contributed by atoms with Crippen LogP contribution in [0.5, 0.6) is 0 Å². The van der Waals surface area contributed by atoms with Crippen LogP contribution in [0.3, 0.4) is 0 Å². The minimum Gasteiger partial charge on any atom is -0.415 e. The van der Waals surface area contributed by atoms with Crippen LogP contribution in [0.25, 0.3) is 0 Å². The number of hydrogen-bond donors (Lipinski definition) is 0. The van der Waals surface area contributed by atoms with Gasteiger partial charge in [0, 0.05) is 21.0 Å². The second-order valence-corrected chi connectivity index (χ2v) is 3.80. The Kier molecular flexibility index (Phi) is 2.84. The maximum absolute atomic E-state index is 5.98. The van der Waals surface area contributed by atoms with Gasteiger partial charge in [-0.15, -0.1) is 10.2 Å². The van der Waals surface area contributed by atoms with Crippen LogP contribution in [-0.2, 0) is 6.42 Å². The van der Waals surface area contributed by atoms with E-state index in [0.717, 1.165) is 5.56 Å². The van der Waals surface area contributed by atoms with Crippen molar-refractivity contribution in [1.29, 1.82) is 0 Å². The fraction of sp³-hybridized carbons (Fsp3) is 0.111. The lowest BCUT2D eigenvalue weighted by Crippen LogP contribution is -1.89. The van der Waals surface area contributed by atoms with E-state index in [4.69, 9.17) is 16.0 Å². The molecule has 0 fully saturated rings. The Morgan fingerprint density at radius 3 is 2.71 bits per heavy atom. The normalized spacial score (nSPS) is 10.4. The van der Waals surface area contributed by atoms with Gasteiger partial charge in [-0.1, -0.05) is 29.8 Å². The molecular weight excluding hydrogens is 267 g/mol. The predicted molar refractivity (Wildman–Crippen MR) is 56.3 cm³/mol. The monoisotopic (exact) mass is 272 g/mol. The Morgan fingerprint density at radius 1 is 1.29 bits per heavy atom. The Balaban J connectivity index is 2.23. The topological polar surface area (TPSA) is 38.9 Å². The number of rotatable bonds is 2. The van der Waals surface area contributed by atoms with E-state index in [1.165, 1.54) is 0 Å². The summed E-state index contributed by atoms with van der Waals surface area (Å²) in [4.78, 5) is 0.388. The van der Waals surface area contributed by atoms with Crippen LogP contribution in [0.1, 0.15) is 11.5 Å². The summed E-state index contributed by atoms with van der Waals surface area (Å²) in [6.45, 7) is 0. The van der Waals surface area contributed by atoms with Crippen molar-refractivity contribution in [2.75, 3.05) is 0 Å². The van der Waals surface area contributed by atoms with Gasteiger partial charge in [-0.3, -0.25) is 0 Å². The number of halogens is 2. The van der Waals surface area contributed by atoms with Crippen molar-refractivity contribution in [3.05, 3.63) is 45.5 Å². The third kappa shape index (κ3) is 2.13. The molecule has 0 unspecified atom stereocenters. The van der Waals surface area contributed by atoms with Gasteiger partial charge in [0.05, 0.1) is 6.42 Å². The largest absolute Gasteiger partial charge is 0.415 e. The second-order valence-electron chi connectivity index (χ2n) is 2.72. The zero-order valence-electron chi connectivity index (χ0n) is 7.08. The molecule has 2 rings (SSSR count). The van der Waals surface area contributed by atoms with Crippen molar-refractivity contribution in [2.45, 2.75) is 6.42 Å². The molecule has 1 heterocycles. The smallest absolute Gasteiger partial charge is 0.284 e. The predicted octanol–water partition coefficient (Wildman–Crippen LogP) is 3.08. The molecule has 0 saturated carbocycles. The highest BCUT2D eigenvalue weighted by Gasteiger charge is 2.06. The number of aromatic nitrogens is 2. The van der Waals surface area contributed by atoms with Crippen molar-refractivity contribution in [3.63, 3.8) is 0 Å². The molecule has 0 saturated heterocycles. The first-order valence-corrected chi connectivity index (χ1v) is 5.14. The van der Waals surface area contributed by atoms with Crippen LogP contribution in [0.4, 0.5) is 0 Å². The van der Waals surface area contributed by atoms with Gasteiger partial charge in [0.15, 0.2) is 0 Å². The molecular formula is C9H6BrClN2O. The van der Waals surface area contributed by atoms with Crippen molar-refractivity contribution in [1.82, 2.24) is 10.2 Å². The highest BCUT2D eigenvalue weighted by Crippen LogP contribution is 2.19. The van der Waals surface area contributed by atoms with Gasteiger partial charge < -0.3 is 4.42 Å². The van der Waals surface area contributed by atoms with Crippen LogP contribution in [0.15, 0.2) is 33.5 Å². The molecule has 0 aliphatic carbocycles. The summed E-state index contributed by atoms with van der Waals surface area (Å²) in [6, 6.07) is 7.57. The summed E-state index contributed by atoms with van der Waals surface area (Å²) in [5.41, 5.74) is 0.977. The molecule has 0 bridgehead atoms. The minimum atomic E-state index is 0.388. The quantitative estimate of drug-likeness (QED) is 0.844. The molecule has 0 atom stereocenters. The van der Waals surface area contributed by atoms with E-state index >= 15 is 0 Å². The summed E-state index contributed by atoms with van der Waals surface area (Å²) in [6.07, 6.45) is 0.554. The van der Waals surface area contributed by atoms with E-state index in [1.807, 2.05) is 24.3 Å². The van der Waals surface area contributed by atoms with Crippen LogP contribution in [0.2, 0.25) is 5.02 Å². The standard InChI is InChI=1S/C9H6BrClN2O/c10-9-13-12-8(14-9)5-6-3-1-2-4-7(6)11/h1-4H,5H2. The minimum absolute atomic E-state index is 0.388. The molecule has 0 spiro atoms. The SMILES string of the molecule is Clc1ccccc1Cc1nnc(Br)o1. The molecule has 0 aliphatic rings. The average molecular weight is 274 g/mol. The number of nitrogens with zero attached hydrogens (tertiary/aromatic N) is 2. The van der Waals surface area contributed by atoms with E-state index in [-0.39, 0.29) is 0 Å². The number of hydrogen-bond acceptors (Lipinski definition) is 3. The Labute approximate surface area is 94.2 Å². The van der Waals surface area contributed by atoms with Crippen LogP contribution < -0.4 is 0 Å². The van der Waals surface area contributed by atoms with E-state index in [1.54, 1.807) is 0 Å². The summed E-state index contributed by atoms with van der Waals surface area (Å²) in [5, 5.41) is 8.24. The Hall–Kier alpha value is -0.870. The van der Waals surface area contributed by atoms with E-state index < -0.39 is 0 Å². The third-order valence-electron chi connectivity index (χ3n) is 1.74. The molecule has 0 radical (unpaired) electrons. The van der Waals surface area contributed by atoms with Gasteiger partial charge in [0.1, 0.15) is 0 Å². The van der Waals surface area contributed by atoms with Gasteiger partial charge in [0.25, 0.3) is 4.80 Å². The number of benzene rings is 1. The van der Waals surface area contributed by atoms with Crippen molar-refractivity contribution in [3.8, 4) is 0 Å². The first-order valence-electron chi connectivity index (χ1n) is 3.97. The van der Waals surface area contributed by atoms with Gasteiger partial charge >= 0.3 is 0 Å². The summed E-state index contributed by atoms with van der Waals surface area (Å²) in [5.74, 6) is 0.546. The summed E-state index contributed by atoms with van der Waals surface area (Å²) in [7, 11) is 0. The second kappa shape index (κ2) is 4.11. The highest BCUT2D eigenvalue weighted by atomic mass is 79.9. The molecule has 0 N–H and O–H groups in total. The molecule has 1 aromatic carbocycles. The first kappa shape index (κ1) is 9.68. The Bertz CT molecular complexity index is 444. The van der Waals surface area contributed by atoms with Crippen molar-refractivity contribution < 1.29 is 4.42 Å². The van der Waals surface area contributed by atoms with Gasteiger partial charge in [-0.25, -0.2) is 0 Å². The zero-order valence-corrected chi connectivity index (χ0v) is 9.42. The molecule has 3 nitrogen and oxygen atoms in total. The average Bonchev–Trinajstić information content (AvgIpc) is 2.56. The molecule has 5 heteroatoms. The summed E-state index contributed by atoms with van der Waals surface area (Å²) < 4.78 is 5.18. The lowest BCUT2D eigenvalue weighted by Gasteiger charge is -1.98. The lowest BCUT2D eigenvalue weighted by atomic mass is 10.1. The Morgan fingerprint density at radius 2 is 2.07 bits per heavy atom. The van der Waals surface area contributed by atoms with Crippen molar-refractivity contribution >= 4 is 27.5 Å². The van der Waals surface area contributed by atoms with Gasteiger partial charge in [-0.05, 0) is 11.6 Å². The fourth-order valence-electron chi connectivity index (χ4n) is 1.11. The van der Waals surface area contributed by atoms with Crippen LogP contribution in [-0.4, -0.2) is 10.2 Å². The molecule has 2 aromatic rings. The van der Waals surface area contributed by atoms with Gasteiger partial charge in [-0.2, -0.15) is 0 Å². The van der Waals surface area contributed by atoms with Crippen LogP contribution in [0, 0.1) is 0 Å². The molecule has 1 aromatic heterocycles. The highest BCUT2D eigenvalue weighted by molar-refractivity contribution is 9.10. The fourth-order valence-corrected chi connectivity index (χ4v) is 1.58. The van der Waals surface area contributed by atoms with E-state index in [2.05, 4.69) is 26.1 Å². The molecule has 0 amide bonds. The van der Waals surface area contributed by atoms with E-state index in [0.29, 0.717) is 22.1 Å². The molecule has 0 aliphatic heterocycles. The summed E-state index contributed by atoms with van der Waals surface area (Å²) >= 11 is 9.07.